The number of ether oxygens (including phenoxy) is 4. The van der Waals surface area contributed by atoms with Gasteiger partial charge in [-0.1, -0.05) is 27.0 Å². The Morgan fingerprint density at radius 3 is 1.33 bits per heavy atom. The first kappa shape index (κ1) is 24.4. The van der Waals surface area contributed by atoms with Crippen molar-refractivity contribution in [2.45, 2.75) is 40.5 Å². The molecule has 0 fully saturated rings. The van der Waals surface area contributed by atoms with Crippen LogP contribution in [0.1, 0.15) is 40.5 Å². The topological polar surface area (TPSA) is 105 Å². The van der Waals surface area contributed by atoms with Gasteiger partial charge in [0.1, 0.15) is 13.2 Å². The summed E-state index contributed by atoms with van der Waals surface area (Å²) in [5.41, 5.74) is -0.102. The Hall–Kier alpha value is -2.64. The van der Waals surface area contributed by atoms with Gasteiger partial charge in [0.2, 0.25) is 0 Å². The van der Waals surface area contributed by atoms with Crippen molar-refractivity contribution < 1.29 is 38.1 Å². The standard InChI is InChI=1S/C19H28O8/c1-13(2)17(22)24-9-7-15(20)26-11-19(5,6)12-27-16(21)8-10-25-18(23)14(3)4/h1,3,7-12H2,2,4-6H3. The molecule has 0 aliphatic rings. The van der Waals surface area contributed by atoms with Gasteiger partial charge in [-0.25, -0.2) is 9.59 Å². The van der Waals surface area contributed by atoms with Crippen LogP contribution >= 0.6 is 0 Å². The van der Waals surface area contributed by atoms with E-state index < -0.39 is 29.3 Å². The molecule has 0 saturated carbocycles. The number of carbonyl (C=O) groups is 4. The van der Waals surface area contributed by atoms with Crippen LogP contribution in [0, 0.1) is 5.41 Å². The second-order valence-electron chi connectivity index (χ2n) is 6.82. The fraction of sp³-hybridized carbons (Fsp3) is 0.579. The van der Waals surface area contributed by atoms with Crippen LogP contribution < -0.4 is 0 Å². The fourth-order valence-corrected chi connectivity index (χ4v) is 1.44. The third-order valence-electron chi connectivity index (χ3n) is 3.02. The summed E-state index contributed by atoms with van der Waals surface area (Å²) in [6.45, 7) is 13.3. The molecule has 152 valence electrons. The van der Waals surface area contributed by atoms with Gasteiger partial charge >= 0.3 is 23.9 Å². The van der Waals surface area contributed by atoms with Crippen molar-refractivity contribution in [2.75, 3.05) is 26.4 Å². The lowest BCUT2D eigenvalue weighted by Gasteiger charge is -2.23. The maximum atomic E-state index is 11.6. The van der Waals surface area contributed by atoms with Crippen LogP contribution in [-0.2, 0) is 38.1 Å². The van der Waals surface area contributed by atoms with Crippen LogP contribution in [0.2, 0.25) is 0 Å². The summed E-state index contributed by atoms with van der Waals surface area (Å²) in [6, 6.07) is 0. The van der Waals surface area contributed by atoms with Gasteiger partial charge in [0.25, 0.3) is 0 Å². The predicted molar refractivity (Wildman–Crippen MR) is 96.5 cm³/mol. The molecule has 0 rings (SSSR count). The molecule has 27 heavy (non-hydrogen) atoms. The maximum absolute atomic E-state index is 11.6. The molecule has 0 aromatic carbocycles. The Morgan fingerprint density at radius 1 is 0.704 bits per heavy atom. The Kier molecular flexibility index (Phi) is 10.7. The fourth-order valence-electron chi connectivity index (χ4n) is 1.44. The van der Waals surface area contributed by atoms with E-state index in [0.717, 1.165) is 0 Å². The van der Waals surface area contributed by atoms with E-state index in [-0.39, 0.29) is 50.4 Å². The molecule has 0 saturated heterocycles. The molecule has 0 radical (unpaired) electrons. The molecule has 0 unspecified atom stereocenters. The van der Waals surface area contributed by atoms with Gasteiger partial charge in [0.05, 0.1) is 26.1 Å². The summed E-state index contributed by atoms with van der Waals surface area (Å²) in [4.78, 5) is 45.6. The highest BCUT2D eigenvalue weighted by molar-refractivity contribution is 5.87. The first-order valence-corrected chi connectivity index (χ1v) is 8.41. The second kappa shape index (κ2) is 11.9. The number of carbonyl (C=O) groups excluding carboxylic acids is 4. The molecule has 0 aliphatic carbocycles. The molecule has 0 aliphatic heterocycles. The lowest BCUT2D eigenvalue weighted by molar-refractivity contribution is -0.154. The zero-order chi connectivity index (χ0) is 21.0. The molecule has 0 heterocycles. The van der Waals surface area contributed by atoms with Gasteiger partial charge in [-0.3, -0.25) is 9.59 Å². The van der Waals surface area contributed by atoms with E-state index in [1.54, 1.807) is 13.8 Å². The molecular formula is C19H28O8. The molecule has 0 atom stereocenters. The molecule has 0 aromatic heterocycles. The van der Waals surface area contributed by atoms with Crippen molar-refractivity contribution in [3.63, 3.8) is 0 Å². The van der Waals surface area contributed by atoms with Crippen molar-refractivity contribution in [1.82, 2.24) is 0 Å². The van der Waals surface area contributed by atoms with E-state index in [4.69, 9.17) is 18.9 Å². The van der Waals surface area contributed by atoms with Crippen molar-refractivity contribution in [3.05, 3.63) is 24.3 Å². The van der Waals surface area contributed by atoms with E-state index in [1.807, 2.05) is 0 Å². The van der Waals surface area contributed by atoms with E-state index in [1.165, 1.54) is 13.8 Å². The Balaban J connectivity index is 4.01. The highest BCUT2D eigenvalue weighted by atomic mass is 16.6. The summed E-state index contributed by atoms with van der Waals surface area (Å²) >= 11 is 0. The Bertz CT molecular complexity index is 539. The van der Waals surface area contributed by atoms with Crippen LogP contribution in [0.15, 0.2) is 24.3 Å². The summed E-state index contributed by atoms with van der Waals surface area (Å²) in [5.74, 6) is -2.20. The van der Waals surface area contributed by atoms with Gasteiger partial charge in [-0.05, 0) is 13.8 Å². The van der Waals surface area contributed by atoms with Crippen LogP contribution in [0.5, 0.6) is 0 Å². The van der Waals surface area contributed by atoms with E-state index in [9.17, 15) is 19.2 Å². The van der Waals surface area contributed by atoms with Crippen molar-refractivity contribution in [3.8, 4) is 0 Å². The lowest BCUT2D eigenvalue weighted by atomic mass is 9.96. The van der Waals surface area contributed by atoms with E-state index >= 15 is 0 Å². The highest BCUT2D eigenvalue weighted by Gasteiger charge is 2.23. The summed E-state index contributed by atoms with van der Waals surface area (Å²) in [6.07, 6.45) is -0.161. The SMILES string of the molecule is C=C(C)C(=O)OCCC(=O)OCC(C)(C)COC(=O)CCOC(=O)C(=C)C. The molecule has 8 nitrogen and oxygen atoms in total. The van der Waals surface area contributed by atoms with Crippen LogP contribution in [-0.4, -0.2) is 50.3 Å². The molecule has 0 bridgehead atoms. The van der Waals surface area contributed by atoms with Gasteiger partial charge in [-0.15, -0.1) is 0 Å². The number of esters is 4. The van der Waals surface area contributed by atoms with E-state index in [0.29, 0.717) is 0 Å². The maximum Gasteiger partial charge on any atom is 0.333 e. The van der Waals surface area contributed by atoms with Crippen LogP contribution in [0.25, 0.3) is 0 Å². The van der Waals surface area contributed by atoms with E-state index in [2.05, 4.69) is 13.2 Å². The normalized spacial score (nSPS) is 10.5. The van der Waals surface area contributed by atoms with Gasteiger partial charge in [0.15, 0.2) is 0 Å². The highest BCUT2D eigenvalue weighted by Crippen LogP contribution is 2.16. The number of rotatable bonds is 12. The zero-order valence-corrected chi connectivity index (χ0v) is 16.4. The van der Waals surface area contributed by atoms with Crippen molar-refractivity contribution >= 4 is 23.9 Å². The minimum atomic E-state index is -0.603. The summed E-state index contributed by atoms with van der Waals surface area (Å²) in [7, 11) is 0. The average Bonchev–Trinajstić information content (AvgIpc) is 2.58. The second-order valence-corrected chi connectivity index (χ2v) is 6.82. The van der Waals surface area contributed by atoms with Gasteiger partial charge in [0, 0.05) is 16.6 Å². The molecule has 8 heteroatoms. The zero-order valence-electron chi connectivity index (χ0n) is 16.4. The third kappa shape index (κ3) is 12.4. The quantitative estimate of drug-likeness (QED) is 0.286. The van der Waals surface area contributed by atoms with Gasteiger partial charge < -0.3 is 18.9 Å². The van der Waals surface area contributed by atoms with Crippen LogP contribution in [0.3, 0.4) is 0 Å². The van der Waals surface area contributed by atoms with Crippen LogP contribution in [0.4, 0.5) is 0 Å². The summed E-state index contributed by atoms with van der Waals surface area (Å²) in [5, 5.41) is 0. The predicted octanol–water partition coefficient (Wildman–Crippen LogP) is 2.12. The molecular weight excluding hydrogens is 356 g/mol. The van der Waals surface area contributed by atoms with Crippen molar-refractivity contribution in [2.24, 2.45) is 5.41 Å². The largest absolute Gasteiger partial charge is 0.465 e. The first-order valence-electron chi connectivity index (χ1n) is 8.41. The minimum Gasteiger partial charge on any atom is -0.465 e. The average molecular weight is 384 g/mol. The Labute approximate surface area is 159 Å². The minimum absolute atomic E-state index is 0.0260. The molecule has 0 amide bonds. The number of hydrogen-bond acceptors (Lipinski definition) is 8. The lowest BCUT2D eigenvalue weighted by Crippen LogP contribution is -2.29. The summed E-state index contributed by atoms with van der Waals surface area (Å²) < 4.78 is 19.8. The molecule has 0 N–H and O–H groups in total. The number of hydrogen-bond donors (Lipinski definition) is 0. The van der Waals surface area contributed by atoms with Gasteiger partial charge in [-0.2, -0.15) is 0 Å². The molecule has 0 spiro atoms. The first-order chi connectivity index (χ1) is 12.4. The molecule has 0 aromatic rings. The third-order valence-corrected chi connectivity index (χ3v) is 3.02. The smallest absolute Gasteiger partial charge is 0.333 e. The van der Waals surface area contributed by atoms with Crippen molar-refractivity contribution in [1.29, 1.82) is 0 Å². The Morgan fingerprint density at radius 2 is 1.04 bits per heavy atom. The monoisotopic (exact) mass is 384 g/mol.